The SMILES string of the molecule is [C-]#[N+]c1ccc(COc2cccc(-c3cc(F)c(Cc4nc5ccc(C(=O)OC(C)(C)C)cc5n4CCOC)cc3F)n2)cc1. The third-order valence-electron chi connectivity index (χ3n) is 6.92. The summed E-state index contributed by atoms with van der Waals surface area (Å²) in [6.07, 6.45) is 0.00602. The smallest absolute Gasteiger partial charge is 0.338 e. The lowest BCUT2D eigenvalue weighted by Gasteiger charge is -2.19. The predicted octanol–water partition coefficient (Wildman–Crippen LogP) is 7.70. The highest BCUT2D eigenvalue weighted by Gasteiger charge is 2.21. The summed E-state index contributed by atoms with van der Waals surface area (Å²) in [5.74, 6) is -0.972. The Kier molecular flexibility index (Phi) is 9.21. The number of ether oxygens (including phenoxy) is 3. The second-order valence-electron chi connectivity index (χ2n) is 11.4. The summed E-state index contributed by atoms with van der Waals surface area (Å²) in [4.78, 5) is 25.1. The molecule has 10 heteroatoms. The monoisotopic (exact) mass is 610 g/mol. The number of hydrogen-bond donors (Lipinski definition) is 0. The van der Waals surface area contributed by atoms with Gasteiger partial charge in [0.15, 0.2) is 5.69 Å². The van der Waals surface area contributed by atoms with Crippen LogP contribution >= 0.6 is 0 Å². The molecule has 0 aliphatic heterocycles. The van der Waals surface area contributed by atoms with Crippen LogP contribution in [0.4, 0.5) is 14.5 Å². The van der Waals surface area contributed by atoms with Crippen LogP contribution in [0.5, 0.6) is 5.88 Å². The number of aromatic nitrogens is 3. The van der Waals surface area contributed by atoms with Gasteiger partial charge in [-0.3, -0.25) is 0 Å². The Morgan fingerprint density at radius 3 is 2.47 bits per heavy atom. The predicted molar refractivity (Wildman–Crippen MR) is 166 cm³/mol. The minimum absolute atomic E-state index is 0.00185. The second kappa shape index (κ2) is 13.2. The molecule has 0 amide bonds. The van der Waals surface area contributed by atoms with E-state index in [4.69, 9.17) is 20.8 Å². The molecule has 230 valence electrons. The summed E-state index contributed by atoms with van der Waals surface area (Å²) >= 11 is 0. The number of carbonyl (C=O) groups excluding carboxylic acids is 1. The first kappa shape index (κ1) is 31.3. The summed E-state index contributed by atoms with van der Waals surface area (Å²) in [5.41, 5.74) is 2.68. The molecule has 5 rings (SSSR count). The van der Waals surface area contributed by atoms with E-state index in [0.717, 1.165) is 17.7 Å². The van der Waals surface area contributed by atoms with Crippen LogP contribution in [0.1, 0.15) is 48.1 Å². The van der Waals surface area contributed by atoms with Gasteiger partial charge in [0.05, 0.1) is 35.5 Å². The first-order valence-corrected chi connectivity index (χ1v) is 14.3. The van der Waals surface area contributed by atoms with Crippen molar-refractivity contribution in [3.8, 4) is 17.1 Å². The van der Waals surface area contributed by atoms with E-state index >= 15 is 8.78 Å². The molecular weight excluding hydrogens is 578 g/mol. The number of methoxy groups -OCH3 is 1. The van der Waals surface area contributed by atoms with Gasteiger partial charge in [0.1, 0.15) is 29.7 Å². The number of imidazole rings is 1. The number of benzene rings is 3. The largest absolute Gasteiger partial charge is 0.473 e. The topological polar surface area (TPSA) is 79.8 Å². The molecule has 0 spiro atoms. The Morgan fingerprint density at radius 2 is 1.76 bits per heavy atom. The van der Waals surface area contributed by atoms with Gasteiger partial charge in [-0.05, 0) is 68.3 Å². The van der Waals surface area contributed by atoms with E-state index in [1.807, 2.05) is 4.57 Å². The number of nitrogens with zero attached hydrogens (tertiary/aromatic N) is 4. The molecule has 2 aromatic heterocycles. The fraction of sp³-hybridized carbons (Fsp3) is 0.257. The Bertz CT molecular complexity index is 1890. The van der Waals surface area contributed by atoms with Gasteiger partial charge in [-0.2, -0.15) is 0 Å². The van der Waals surface area contributed by atoms with E-state index in [-0.39, 0.29) is 35.7 Å². The standard InChI is InChI=1S/C35H32F2N4O4/c1-35(2,3)45-34(42)23-11-14-30-31(18-23)41(15-16-43-5)32(39-30)19-24-17-28(37)26(20-27(24)36)29-7-6-8-33(40-29)44-21-22-9-12-25(38-4)13-10-22/h6-14,17-18,20H,15-16,19,21H2,1-3,5H3. The molecule has 0 N–H and O–H groups in total. The molecule has 0 saturated carbocycles. The Balaban J connectivity index is 1.40. The van der Waals surface area contributed by atoms with E-state index in [1.54, 1.807) is 88.5 Å². The van der Waals surface area contributed by atoms with Gasteiger partial charge in [-0.15, -0.1) is 0 Å². The quantitative estimate of drug-likeness (QED) is 0.119. The molecule has 5 aromatic rings. The van der Waals surface area contributed by atoms with E-state index in [2.05, 4.69) is 14.8 Å². The van der Waals surface area contributed by atoms with Gasteiger partial charge in [0.25, 0.3) is 0 Å². The van der Waals surface area contributed by atoms with Crippen LogP contribution in [0.2, 0.25) is 0 Å². The van der Waals surface area contributed by atoms with Crippen molar-refractivity contribution in [2.45, 2.75) is 45.9 Å². The summed E-state index contributed by atoms with van der Waals surface area (Å²) in [7, 11) is 1.57. The number of fused-ring (bicyclic) bond motifs is 1. The van der Waals surface area contributed by atoms with Crippen molar-refractivity contribution in [1.82, 2.24) is 14.5 Å². The summed E-state index contributed by atoms with van der Waals surface area (Å²) < 4.78 is 49.4. The van der Waals surface area contributed by atoms with Gasteiger partial charge >= 0.3 is 5.97 Å². The number of rotatable bonds is 10. The second-order valence-corrected chi connectivity index (χ2v) is 11.4. The van der Waals surface area contributed by atoms with E-state index < -0.39 is 23.2 Å². The van der Waals surface area contributed by atoms with Crippen LogP contribution in [-0.2, 0) is 29.0 Å². The summed E-state index contributed by atoms with van der Waals surface area (Å²) in [5, 5.41) is 0. The minimum Gasteiger partial charge on any atom is -0.473 e. The van der Waals surface area contributed by atoms with E-state index in [1.165, 1.54) is 0 Å². The van der Waals surface area contributed by atoms with E-state index in [9.17, 15) is 4.79 Å². The molecular formula is C35H32F2N4O4. The molecule has 0 aliphatic carbocycles. The lowest BCUT2D eigenvalue weighted by atomic mass is 10.0. The lowest BCUT2D eigenvalue weighted by molar-refractivity contribution is 0.00696. The molecule has 0 unspecified atom stereocenters. The van der Waals surface area contributed by atoms with Gasteiger partial charge in [-0.1, -0.05) is 30.3 Å². The molecule has 0 bridgehead atoms. The minimum atomic E-state index is -0.655. The number of esters is 1. The van der Waals surface area contributed by atoms with Crippen LogP contribution in [0.15, 0.2) is 72.8 Å². The Hall–Kier alpha value is -5.14. The number of hydrogen-bond acceptors (Lipinski definition) is 6. The molecule has 0 atom stereocenters. The van der Waals surface area contributed by atoms with Crippen LogP contribution in [0.3, 0.4) is 0 Å². The molecule has 0 saturated heterocycles. The normalized spacial score (nSPS) is 11.4. The maximum Gasteiger partial charge on any atom is 0.338 e. The van der Waals surface area contributed by atoms with Crippen LogP contribution in [-0.4, -0.2) is 39.8 Å². The van der Waals surface area contributed by atoms with Gasteiger partial charge in [0, 0.05) is 31.7 Å². The van der Waals surface area contributed by atoms with Gasteiger partial charge in [0.2, 0.25) is 5.88 Å². The number of carbonyl (C=O) groups is 1. The molecule has 0 aliphatic rings. The van der Waals surface area contributed by atoms with Crippen LogP contribution in [0.25, 0.3) is 27.1 Å². The molecule has 0 fully saturated rings. The highest BCUT2D eigenvalue weighted by molar-refractivity contribution is 5.94. The molecule has 8 nitrogen and oxygen atoms in total. The summed E-state index contributed by atoms with van der Waals surface area (Å²) in [6, 6.07) is 19.2. The number of pyridine rings is 1. The van der Waals surface area contributed by atoms with Crippen molar-refractivity contribution in [3.05, 3.63) is 118 Å². The van der Waals surface area contributed by atoms with Crippen molar-refractivity contribution < 1.29 is 27.8 Å². The van der Waals surface area contributed by atoms with Crippen molar-refractivity contribution in [1.29, 1.82) is 0 Å². The Morgan fingerprint density at radius 1 is 0.978 bits per heavy atom. The Labute approximate surface area is 260 Å². The van der Waals surface area contributed by atoms with Crippen LogP contribution < -0.4 is 4.74 Å². The lowest BCUT2D eigenvalue weighted by Crippen LogP contribution is -2.23. The average molecular weight is 611 g/mol. The zero-order valence-corrected chi connectivity index (χ0v) is 25.4. The maximum absolute atomic E-state index is 15.5. The molecule has 2 heterocycles. The van der Waals surface area contributed by atoms with Crippen molar-refractivity contribution in [3.63, 3.8) is 0 Å². The third kappa shape index (κ3) is 7.51. The van der Waals surface area contributed by atoms with E-state index in [0.29, 0.717) is 41.3 Å². The summed E-state index contributed by atoms with van der Waals surface area (Å²) in [6.45, 7) is 13.4. The highest BCUT2D eigenvalue weighted by Crippen LogP contribution is 2.28. The van der Waals surface area contributed by atoms with Crippen molar-refractivity contribution in [2.24, 2.45) is 0 Å². The first-order chi connectivity index (χ1) is 21.5. The fourth-order valence-electron chi connectivity index (χ4n) is 4.76. The van der Waals surface area contributed by atoms with Crippen LogP contribution in [0, 0.1) is 18.2 Å². The zero-order valence-electron chi connectivity index (χ0n) is 25.4. The van der Waals surface area contributed by atoms with Gasteiger partial charge in [-0.25, -0.2) is 28.4 Å². The van der Waals surface area contributed by atoms with Gasteiger partial charge < -0.3 is 18.8 Å². The molecule has 45 heavy (non-hydrogen) atoms. The highest BCUT2D eigenvalue weighted by atomic mass is 19.1. The van der Waals surface area contributed by atoms with Crippen molar-refractivity contribution in [2.75, 3.05) is 13.7 Å². The fourth-order valence-corrected chi connectivity index (χ4v) is 4.76. The zero-order chi connectivity index (χ0) is 32.1. The molecule has 3 aromatic carbocycles. The average Bonchev–Trinajstić information content (AvgIpc) is 3.36. The first-order valence-electron chi connectivity index (χ1n) is 14.3. The maximum atomic E-state index is 15.5. The molecule has 0 radical (unpaired) electrons. The third-order valence-corrected chi connectivity index (χ3v) is 6.92. The number of halogens is 2. The van der Waals surface area contributed by atoms with Crippen molar-refractivity contribution >= 4 is 22.7 Å².